The minimum Gasteiger partial charge on any atom is -0.494 e. The van der Waals surface area contributed by atoms with Crippen molar-refractivity contribution in [1.29, 1.82) is 0 Å². The molecule has 90 valence electrons. The Bertz CT molecular complexity index is 378. The largest absolute Gasteiger partial charge is 0.494 e. The number of halogens is 1. The SMILES string of the molecule is COc1c(Br)cc(C(C)(C)CO)cc1SC. The molecule has 0 aliphatic heterocycles. The number of aliphatic hydroxyl groups is 1. The number of hydrogen-bond acceptors (Lipinski definition) is 3. The van der Waals surface area contributed by atoms with Gasteiger partial charge in [-0.25, -0.2) is 0 Å². The van der Waals surface area contributed by atoms with Gasteiger partial charge in [0.25, 0.3) is 0 Å². The first-order chi connectivity index (χ1) is 7.46. The monoisotopic (exact) mass is 304 g/mol. The van der Waals surface area contributed by atoms with Crippen LogP contribution in [0.1, 0.15) is 19.4 Å². The van der Waals surface area contributed by atoms with Gasteiger partial charge in [0, 0.05) is 5.41 Å². The molecule has 1 rings (SSSR count). The average Bonchev–Trinajstić information content (AvgIpc) is 2.27. The Kier molecular flexibility index (Phi) is 4.71. The maximum Gasteiger partial charge on any atom is 0.146 e. The van der Waals surface area contributed by atoms with Crippen molar-refractivity contribution in [3.63, 3.8) is 0 Å². The third kappa shape index (κ3) is 2.73. The van der Waals surface area contributed by atoms with Crippen molar-refractivity contribution in [3.05, 3.63) is 22.2 Å². The summed E-state index contributed by atoms with van der Waals surface area (Å²) in [5.41, 5.74) is 0.867. The van der Waals surface area contributed by atoms with E-state index in [9.17, 15) is 5.11 Å². The highest BCUT2D eigenvalue weighted by Crippen LogP contribution is 2.39. The lowest BCUT2D eigenvalue weighted by Gasteiger charge is -2.24. The van der Waals surface area contributed by atoms with Gasteiger partial charge in [0.1, 0.15) is 5.75 Å². The molecular weight excluding hydrogens is 288 g/mol. The highest BCUT2D eigenvalue weighted by atomic mass is 79.9. The lowest BCUT2D eigenvalue weighted by atomic mass is 9.86. The van der Waals surface area contributed by atoms with Crippen molar-refractivity contribution in [3.8, 4) is 5.75 Å². The summed E-state index contributed by atoms with van der Waals surface area (Å²) in [7, 11) is 1.66. The zero-order valence-corrected chi connectivity index (χ0v) is 12.4. The van der Waals surface area contributed by atoms with Gasteiger partial charge in [0.05, 0.1) is 23.1 Å². The van der Waals surface area contributed by atoms with E-state index in [0.29, 0.717) is 0 Å². The number of thioether (sulfide) groups is 1. The van der Waals surface area contributed by atoms with Gasteiger partial charge >= 0.3 is 0 Å². The molecule has 0 radical (unpaired) electrons. The predicted octanol–water partition coefficient (Wildman–Crippen LogP) is 3.45. The van der Waals surface area contributed by atoms with E-state index in [1.807, 2.05) is 26.2 Å². The minimum atomic E-state index is -0.237. The minimum absolute atomic E-state index is 0.125. The Hall–Kier alpha value is -0.190. The highest BCUT2D eigenvalue weighted by molar-refractivity contribution is 9.10. The average molecular weight is 305 g/mol. The van der Waals surface area contributed by atoms with Crippen molar-refractivity contribution < 1.29 is 9.84 Å². The molecule has 2 nitrogen and oxygen atoms in total. The number of methoxy groups -OCH3 is 1. The summed E-state index contributed by atoms with van der Waals surface area (Å²) in [5, 5.41) is 9.38. The van der Waals surface area contributed by atoms with Gasteiger partial charge < -0.3 is 9.84 Å². The van der Waals surface area contributed by atoms with Crippen LogP contribution in [0.25, 0.3) is 0 Å². The van der Waals surface area contributed by atoms with Crippen molar-refractivity contribution in [1.82, 2.24) is 0 Å². The Morgan fingerprint density at radius 2 is 2.06 bits per heavy atom. The van der Waals surface area contributed by atoms with Crippen LogP contribution in [-0.4, -0.2) is 25.1 Å². The van der Waals surface area contributed by atoms with E-state index in [4.69, 9.17) is 4.74 Å². The van der Waals surface area contributed by atoms with Gasteiger partial charge in [0.15, 0.2) is 0 Å². The summed E-state index contributed by atoms with van der Waals surface area (Å²) in [4.78, 5) is 1.08. The summed E-state index contributed by atoms with van der Waals surface area (Å²) >= 11 is 5.14. The van der Waals surface area contributed by atoms with Crippen LogP contribution in [-0.2, 0) is 5.41 Å². The molecule has 0 aliphatic rings. The Balaban J connectivity index is 3.31. The molecule has 0 bridgehead atoms. The second-order valence-corrected chi connectivity index (χ2v) is 5.94. The maximum atomic E-state index is 9.38. The molecule has 0 unspecified atom stereocenters. The molecule has 0 heterocycles. The molecule has 0 saturated carbocycles. The first kappa shape index (κ1) is 13.9. The van der Waals surface area contributed by atoms with E-state index >= 15 is 0 Å². The Labute approximate surface area is 110 Å². The molecule has 0 aliphatic carbocycles. The van der Waals surface area contributed by atoms with Gasteiger partial charge in [-0.1, -0.05) is 13.8 Å². The number of ether oxygens (including phenoxy) is 1. The number of aliphatic hydroxyl groups excluding tert-OH is 1. The van der Waals surface area contributed by atoms with Crippen LogP contribution in [0.5, 0.6) is 5.75 Å². The van der Waals surface area contributed by atoms with Gasteiger partial charge in [0.2, 0.25) is 0 Å². The van der Waals surface area contributed by atoms with E-state index in [2.05, 4.69) is 22.0 Å². The molecule has 1 N–H and O–H groups in total. The first-order valence-corrected chi connectivity index (χ1v) is 7.01. The fraction of sp³-hybridized carbons (Fsp3) is 0.500. The second kappa shape index (κ2) is 5.43. The fourth-order valence-electron chi connectivity index (χ4n) is 1.40. The molecule has 1 aromatic carbocycles. The first-order valence-electron chi connectivity index (χ1n) is 4.99. The Morgan fingerprint density at radius 1 is 1.44 bits per heavy atom. The molecule has 16 heavy (non-hydrogen) atoms. The summed E-state index contributed by atoms with van der Waals surface area (Å²) < 4.78 is 6.27. The maximum absolute atomic E-state index is 9.38. The lowest BCUT2D eigenvalue weighted by molar-refractivity contribution is 0.218. The van der Waals surface area contributed by atoms with Crippen molar-refractivity contribution >= 4 is 27.7 Å². The van der Waals surface area contributed by atoms with Crippen LogP contribution in [0, 0.1) is 0 Å². The van der Waals surface area contributed by atoms with E-state index < -0.39 is 0 Å². The van der Waals surface area contributed by atoms with Crippen LogP contribution in [0.3, 0.4) is 0 Å². The van der Waals surface area contributed by atoms with Gasteiger partial charge in [-0.3, -0.25) is 0 Å². The molecule has 0 aromatic heterocycles. The highest BCUT2D eigenvalue weighted by Gasteiger charge is 2.22. The molecular formula is C12H17BrO2S. The molecule has 4 heteroatoms. The van der Waals surface area contributed by atoms with Gasteiger partial charge in [-0.05, 0) is 39.9 Å². The zero-order valence-electron chi connectivity index (χ0n) is 10.0. The van der Waals surface area contributed by atoms with E-state index in [1.165, 1.54) is 0 Å². The Morgan fingerprint density at radius 3 is 2.50 bits per heavy atom. The third-order valence-corrected chi connectivity index (χ3v) is 3.94. The normalized spacial score (nSPS) is 11.6. The van der Waals surface area contributed by atoms with Gasteiger partial charge in [-0.15, -0.1) is 11.8 Å². The summed E-state index contributed by atoms with van der Waals surface area (Å²) in [5.74, 6) is 0.852. The van der Waals surface area contributed by atoms with Crippen molar-refractivity contribution in [2.24, 2.45) is 0 Å². The molecule has 0 fully saturated rings. The van der Waals surface area contributed by atoms with Crippen LogP contribution >= 0.6 is 27.7 Å². The van der Waals surface area contributed by atoms with E-state index in [0.717, 1.165) is 20.7 Å². The number of benzene rings is 1. The van der Waals surface area contributed by atoms with Crippen LogP contribution in [0.4, 0.5) is 0 Å². The van der Waals surface area contributed by atoms with Crippen LogP contribution in [0.15, 0.2) is 21.5 Å². The molecule has 0 amide bonds. The van der Waals surface area contributed by atoms with Crippen molar-refractivity contribution in [2.45, 2.75) is 24.2 Å². The second-order valence-electron chi connectivity index (χ2n) is 4.24. The zero-order chi connectivity index (χ0) is 12.3. The number of hydrogen-bond donors (Lipinski definition) is 1. The topological polar surface area (TPSA) is 29.5 Å². The number of rotatable bonds is 4. The van der Waals surface area contributed by atoms with Crippen LogP contribution < -0.4 is 4.74 Å². The van der Waals surface area contributed by atoms with Crippen LogP contribution in [0.2, 0.25) is 0 Å². The quantitative estimate of drug-likeness (QED) is 0.864. The molecule has 0 spiro atoms. The smallest absolute Gasteiger partial charge is 0.146 e. The lowest BCUT2D eigenvalue weighted by Crippen LogP contribution is -2.22. The summed E-state index contributed by atoms with van der Waals surface area (Å²) in [6, 6.07) is 4.08. The van der Waals surface area contributed by atoms with Gasteiger partial charge in [-0.2, -0.15) is 0 Å². The predicted molar refractivity (Wildman–Crippen MR) is 72.6 cm³/mol. The molecule has 0 saturated heterocycles. The molecule has 1 aromatic rings. The van der Waals surface area contributed by atoms with Crippen molar-refractivity contribution in [2.75, 3.05) is 20.0 Å². The summed E-state index contributed by atoms with van der Waals surface area (Å²) in [6.45, 7) is 4.16. The third-order valence-electron chi connectivity index (χ3n) is 2.61. The molecule has 0 atom stereocenters. The van der Waals surface area contributed by atoms with E-state index in [1.54, 1.807) is 18.9 Å². The summed E-state index contributed by atoms with van der Waals surface area (Å²) in [6.07, 6.45) is 2.01. The standard InChI is InChI=1S/C12H17BrO2S/c1-12(2,7-14)8-5-9(13)11(15-3)10(6-8)16-4/h5-6,14H,7H2,1-4H3. The van der Waals surface area contributed by atoms with E-state index in [-0.39, 0.29) is 12.0 Å². The fourth-order valence-corrected chi connectivity index (χ4v) is 2.78.